The highest BCUT2D eigenvalue weighted by atomic mass is 32.2. The number of aromatic nitrogens is 1. The summed E-state index contributed by atoms with van der Waals surface area (Å²) in [4.78, 5) is 13.0. The van der Waals surface area contributed by atoms with E-state index < -0.39 is 22.3 Å². The molecule has 0 spiro atoms. The minimum atomic E-state index is -3.65. The fourth-order valence-electron chi connectivity index (χ4n) is 5.09. The number of halogens is 1. The van der Waals surface area contributed by atoms with E-state index in [4.69, 9.17) is 4.74 Å². The Morgan fingerprint density at radius 2 is 1.74 bits per heavy atom. The first kappa shape index (κ1) is 25.0. The second-order valence-corrected chi connectivity index (χ2v) is 11.6. The molecule has 1 aliphatic heterocycles. The zero-order valence-electron chi connectivity index (χ0n) is 20.0. The molecule has 0 bridgehead atoms. The number of nitrogens with zero attached hydrogens (tertiary/aromatic N) is 2. The maximum absolute atomic E-state index is 13.2. The number of nitrogens with one attached hydrogen (secondary N) is 1. The molecule has 2 aliphatic rings. The Morgan fingerprint density at radius 1 is 1.06 bits per heavy atom. The minimum Gasteiger partial charge on any atom is -0.376 e. The van der Waals surface area contributed by atoms with Gasteiger partial charge in [0.1, 0.15) is 5.82 Å². The molecule has 0 amide bonds. The van der Waals surface area contributed by atoms with Crippen molar-refractivity contribution in [3.05, 3.63) is 69.4 Å². The first-order valence-corrected chi connectivity index (χ1v) is 13.4. The molecule has 1 aromatic carbocycles. The van der Waals surface area contributed by atoms with Crippen molar-refractivity contribution in [2.75, 3.05) is 20.7 Å². The Hall–Kier alpha value is -2.07. The SMILES string of the molecule is Cc1ccc2n(c1=O)[C@@H](COC1CCC(c3ccc(F)cc3)CC1)[C@@H](NS(=O)(=O)N(C)C)CC2. The van der Waals surface area contributed by atoms with Gasteiger partial charge in [-0.3, -0.25) is 4.79 Å². The van der Waals surface area contributed by atoms with Crippen LogP contribution in [0.1, 0.15) is 60.9 Å². The van der Waals surface area contributed by atoms with Crippen molar-refractivity contribution in [2.24, 2.45) is 0 Å². The van der Waals surface area contributed by atoms with Gasteiger partial charge >= 0.3 is 0 Å². The van der Waals surface area contributed by atoms with Gasteiger partial charge in [-0.1, -0.05) is 18.2 Å². The lowest BCUT2D eigenvalue weighted by atomic mass is 9.82. The van der Waals surface area contributed by atoms with Crippen molar-refractivity contribution >= 4 is 10.2 Å². The fourth-order valence-corrected chi connectivity index (χ4v) is 5.96. The monoisotopic (exact) mass is 491 g/mol. The van der Waals surface area contributed by atoms with Gasteiger partial charge in [0, 0.05) is 31.4 Å². The number of hydrogen-bond donors (Lipinski definition) is 1. The largest absolute Gasteiger partial charge is 0.376 e. The van der Waals surface area contributed by atoms with Crippen molar-refractivity contribution in [3.63, 3.8) is 0 Å². The molecule has 0 saturated heterocycles. The van der Waals surface area contributed by atoms with Crippen LogP contribution in [-0.4, -0.2) is 50.1 Å². The van der Waals surface area contributed by atoms with Crippen LogP contribution in [0, 0.1) is 12.7 Å². The molecule has 0 radical (unpaired) electrons. The summed E-state index contributed by atoms with van der Waals surface area (Å²) in [5.41, 5.74) is 2.59. The van der Waals surface area contributed by atoms with Crippen molar-refractivity contribution in [3.8, 4) is 0 Å². The van der Waals surface area contributed by atoms with Gasteiger partial charge in [-0.05, 0) is 75.1 Å². The molecular weight excluding hydrogens is 457 g/mol. The van der Waals surface area contributed by atoms with Crippen molar-refractivity contribution in [2.45, 2.75) is 69.6 Å². The van der Waals surface area contributed by atoms with E-state index in [-0.39, 0.29) is 24.1 Å². The molecule has 0 unspecified atom stereocenters. The first-order valence-electron chi connectivity index (χ1n) is 11.9. The molecule has 186 valence electrons. The second kappa shape index (κ2) is 10.3. The Labute approximate surface area is 201 Å². The Balaban J connectivity index is 1.47. The van der Waals surface area contributed by atoms with E-state index in [1.54, 1.807) is 11.5 Å². The van der Waals surface area contributed by atoms with Crippen LogP contribution in [0.25, 0.3) is 0 Å². The van der Waals surface area contributed by atoms with Crippen molar-refractivity contribution in [1.29, 1.82) is 0 Å². The quantitative estimate of drug-likeness (QED) is 0.645. The molecule has 1 N–H and O–H groups in total. The number of benzene rings is 1. The van der Waals surface area contributed by atoms with Gasteiger partial charge in [0.15, 0.2) is 0 Å². The van der Waals surface area contributed by atoms with Crippen LogP contribution in [0.2, 0.25) is 0 Å². The molecule has 2 heterocycles. The molecule has 7 nitrogen and oxygen atoms in total. The Kier molecular flexibility index (Phi) is 7.57. The average Bonchev–Trinajstić information content (AvgIpc) is 2.81. The van der Waals surface area contributed by atoms with Gasteiger partial charge in [0.25, 0.3) is 15.8 Å². The highest BCUT2D eigenvalue weighted by Gasteiger charge is 2.35. The molecule has 1 aromatic heterocycles. The Bertz CT molecular complexity index is 1160. The zero-order chi connectivity index (χ0) is 24.5. The third-order valence-corrected chi connectivity index (χ3v) is 8.76. The second-order valence-electron chi connectivity index (χ2n) is 9.66. The van der Waals surface area contributed by atoms with E-state index in [2.05, 4.69) is 4.72 Å². The molecular formula is C25H34FN3O4S. The topological polar surface area (TPSA) is 80.6 Å². The zero-order valence-corrected chi connectivity index (χ0v) is 20.9. The van der Waals surface area contributed by atoms with Crippen LogP contribution in [0.4, 0.5) is 4.39 Å². The van der Waals surface area contributed by atoms with Gasteiger partial charge in [-0.15, -0.1) is 0 Å². The summed E-state index contributed by atoms with van der Waals surface area (Å²) < 4.78 is 50.4. The van der Waals surface area contributed by atoms with Crippen molar-refractivity contribution < 1.29 is 17.5 Å². The van der Waals surface area contributed by atoms with Crippen LogP contribution >= 0.6 is 0 Å². The summed E-state index contributed by atoms with van der Waals surface area (Å²) in [5, 5.41) is 0. The highest BCUT2D eigenvalue weighted by Crippen LogP contribution is 2.35. The molecule has 1 fully saturated rings. The number of fused-ring (bicyclic) bond motifs is 1. The lowest BCUT2D eigenvalue weighted by Gasteiger charge is -2.37. The number of hydrogen-bond acceptors (Lipinski definition) is 4. The Morgan fingerprint density at radius 3 is 2.38 bits per heavy atom. The van der Waals surface area contributed by atoms with Crippen molar-refractivity contribution in [1.82, 2.24) is 13.6 Å². The molecule has 9 heteroatoms. The van der Waals surface area contributed by atoms with Gasteiger partial charge in [0.2, 0.25) is 0 Å². The average molecular weight is 492 g/mol. The standard InChI is InChI=1S/C25H34FN3O4S/c1-17-4-11-21-12-15-23(27-34(31,32)28(2)3)24(29(21)25(17)30)16-33-22-13-7-19(8-14-22)18-5-9-20(26)10-6-18/h4-6,9-11,19,22-24,27H,7-8,12-16H2,1-3H3/t19?,22?,23-,24-/m0/s1. The summed E-state index contributed by atoms with van der Waals surface area (Å²) in [6.45, 7) is 2.04. The van der Waals surface area contributed by atoms with Crippen LogP contribution in [0.5, 0.6) is 0 Å². The number of ether oxygens (including phenoxy) is 1. The van der Waals surface area contributed by atoms with E-state index in [9.17, 15) is 17.6 Å². The lowest BCUT2D eigenvalue weighted by molar-refractivity contribution is -0.00177. The molecule has 2 aromatic rings. The van der Waals surface area contributed by atoms with Crippen LogP contribution in [0.3, 0.4) is 0 Å². The fraction of sp³-hybridized carbons (Fsp3) is 0.560. The summed E-state index contributed by atoms with van der Waals surface area (Å²) in [5.74, 6) is 0.166. The van der Waals surface area contributed by atoms with Crippen LogP contribution in [0.15, 0.2) is 41.2 Å². The molecule has 4 rings (SSSR count). The lowest BCUT2D eigenvalue weighted by Crippen LogP contribution is -2.52. The maximum atomic E-state index is 13.2. The predicted molar refractivity (Wildman–Crippen MR) is 130 cm³/mol. The van der Waals surface area contributed by atoms with Gasteiger partial charge in [-0.2, -0.15) is 17.4 Å². The van der Waals surface area contributed by atoms with Gasteiger partial charge < -0.3 is 9.30 Å². The van der Waals surface area contributed by atoms with Crippen LogP contribution < -0.4 is 10.3 Å². The summed E-state index contributed by atoms with van der Waals surface area (Å²) >= 11 is 0. The number of pyridine rings is 1. The van der Waals surface area contributed by atoms with Gasteiger partial charge in [-0.25, -0.2) is 4.39 Å². The summed E-state index contributed by atoms with van der Waals surface area (Å²) in [7, 11) is -0.682. The predicted octanol–water partition coefficient (Wildman–Crippen LogP) is 3.29. The molecule has 1 saturated carbocycles. The summed E-state index contributed by atoms with van der Waals surface area (Å²) in [6.07, 6.45) is 4.92. The van der Waals surface area contributed by atoms with E-state index >= 15 is 0 Å². The van der Waals surface area contributed by atoms with E-state index in [1.165, 1.54) is 26.2 Å². The third-order valence-electron chi connectivity index (χ3n) is 7.20. The summed E-state index contributed by atoms with van der Waals surface area (Å²) in [6, 6.07) is 9.66. The highest BCUT2D eigenvalue weighted by molar-refractivity contribution is 7.87. The normalized spacial score (nSPS) is 25.3. The third kappa shape index (κ3) is 5.43. The number of rotatable bonds is 7. The van der Waals surface area contributed by atoms with E-state index in [1.807, 2.05) is 24.3 Å². The molecule has 34 heavy (non-hydrogen) atoms. The maximum Gasteiger partial charge on any atom is 0.279 e. The molecule has 1 aliphatic carbocycles. The first-order chi connectivity index (χ1) is 16.2. The number of aryl methyl sites for hydroxylation is 2. The van der Waals surface area contributed by atoms with E-state index in [0.717, 1.165) is 41.2 Å². The van der Waals surface area contributed by atoms with E-state index in [0.29, 0.717) is 24.3 Å². The smallest absolute Gasteiger partial charge is 0.279 e. The van der Waals surface area contributed by atoms with Gasteiger partial charge in [0.05, 0.1) is 18.8 Å². The van der Waals surface area contributed by atoms with Crippen LogP contribution in [-0.2, 0) is 21.4 Å². The molecule has 2 atom stereocenters. The minimum absolute atomic E-state index is 0.0497.